The van der Waals surface area contributed by atoms with Gasteiger partial charge in [0.25, 0.3) is 0 Å². The molecule has 4 rings (SSSR count). The number of hydrogen-bond acceptors (Lipinski definition) is 6. The summed E-state index contributed by atoms with van der Waals surface area (Å²) in [5.74, 6) is 0.547. The van der Waals surface area contributed by atoms with E-state index in [-0.39, 0.29) is 23.3 Å². The van der Waals surface area contributed by atoms with E-state index in [2.05, 4.69) is 16.0 Å². The van der Waals surface area contributed by atoms with Crippen LogP contribution in [0.3, 0.4) is 0 Å². The molecule has 2 aliphatic heterocycles. The second-order valence-corrected chi connectivity index (χ2v) is 11.1. The summed E-state index contributed by atoms with van der Waals surface area (Å²) in [5, 5.41) is 9.47. The van der Waals surface area contributed by atoms with Crippen LogP contribution in [0.4, 0.5) is 0 Å². The number of carbonyl (C=O) groups excluding carboxylic acids is 1. The molecule has 2 heterocycles. The molecule has 30 heavy (non-hydrogen) atoms. The number of hydrogen-bond donors (Lipinski definition) is 3. The summed E-state index contributed by atoms with van der Waals surface area (Å²) < 4.78 is 31.4. The number of fused-ring (bicyclic) bond motifs is 1. The highest BCUT2D eigenvalue weighted by atomic mass is 32.2. The van der Waals surface area contributed by atoms with E-state index in [1.54, 1.807) is 31.4 Å². The van der Waals surface area contributed by atoms with Crippen molar-refractivity contribution in [3.8, 4) is 0 Å². The summed E-state index contributed by atoms with van der Waals surface area (Å²) in [6.45, 7) is 2.38. The fraction of sp³-hybridized carbons (Fsp3) is 0.682. The highest BCUT2D eigenvalue weighted by molar-refractivity contribution is 7.92. The average Bonchev–Trinajstić information content (AvgIpc) is 3.22. The van der Waals surface area contributed by atoms with Gasteiger partial charge in [0, 0.05) is 19.7 Å². The van der Waals surface area contributed by atoms with Crippen LogP contribution in [-0.2, 0) is 25.9 Å². The van der Waals surface area contributed by atoms with Gasteiger partial charge in [0.05, 0.1) is 22.3 Å². The van der Waals surface area contributed by atoms with Gasteiger partial charge in [0.2, 0.25) is 5.91 Å². The Kier molecular flexibility index (Phi) is 6.77. The molecule has 1 aromatic rings. The van der Waals surface area contributed by atoms with Crippen molar-refractivity contribution >= 4 is 15.7 Å². The molecule has 1 saturated carbocycles. The number of sulfone groups is 1. The minimum Gasteiger partial charge on any atom is -0.381 e. The van der Waals surface area contributed by atoms with Crippen LogP contribution in [-0.4, -0.2) is 58.0 Å². The summed E-state index contributed by atoms with van der Waals surface area (Å²) in [5.41, 5.74) is 0.901. The molecule has 3 N–H and O–H groups in total. The normalized spacial score (nSPS) is 31.8. The van der Waals surface area contributed by atoms with Crippen molar-refractivity contribution in [2.45, 2.75) is 73.4 Å². The SMILES string of the molecule is COC1CCCC(S(=O)(=O)c2ccc(CNC(=O)C3CC4CNCCC4N3)cc2)C1. The van der Waals surface area contributed by atoms with Gasteiger partial charge in [0.1, 0.15) is 0 Å². The topological polar surface area (TPSA) is 96.5 Å². The monoisotopic (exact) mass is 435 g/mol. The zero-order valence-electron chi connectivity index (χ0n) is 17.6. The quantitative estimate of drug-likeness (QED) is 0.625. The second-order valence-electron chi connectivity index (χ2n) is 8.87. The molecule has 5 atom stereocenters. The molecule has 166 valence electrons. The van der Waals surface area contributed by atoms with E-state index in [0.29, 0.717) is 36.2 Å². The Labute approximate surface area is 179 Å². The maximum absolute atomic E-state index is 13.0. The molecule has 0 radical (unpaired) electrons. The number of methoxy groups -OCH3 is 1. The van der Waals surface area contributed by atoms with Crippen molar-refractivity contribution in [3.05, 3.63) is 29.8 Å². The first kappa shape index (κ1) is 21.7. The van der Waals surface area contributed by atoms with Crippen molar-refractivity contribution in [2.75, 3.05) is 20.2 Å². The lowest BCUT2D eigenvalue weighted by molar-refractivity contribution is -0.123. The maximum Gasteiger partial charge on any atom is 0.237 e. The van der Waals surface area contributed by atoms with Gasteiger partial charge >= 0.3 is 0 Å². The third kappa shape index (κ3) is 4.72. The summed E-state index contributed by atoms with van der Waals surface area (Å²) in [7, 11) is -1.71. The Bertz CT molecular complexity index is 828. The van der Waals surface area contributed by atoms with Gasteiger partial charge in [-0.1, -0.05) is 12.1 Å². The average molecular weight is 436 g/mol. The number of nitrogens with one attached hydrogen (secondary N) is 3. The van der Waals surface area contributed by atoms with Gasteiger partial charge in [-0.25, -0.2) is 8.42 Å². The number of rotatable bonds is 6. The van der Waals surface area contributed by atoms with Crippen molar-refractivity contribution in [1.82, 2.24) is 16.0 Å². The van der Waals surface area contributed by atoms with E-state index >= 15 is 0 Å². The minimum atomic E-state index is -3.36. The summed E-state index contributed by atoms with van der Waals surface area (Å²) in [4.78, 5) is 12.9. The molecule has 2 saturated heterocycles. The Morgan fingerprint density at radius 1 is 1.17 bits per heavy atom. The van der Waals surface area contributed by atoms with Crippen molar-refractivity contribution in [1.29, 1.82) is 0 Å². The predicted octanol–water partition coefficient (Wildman–Crippen LogP) is 1.37. The molecule has 3 aliphatic rings. The molecule has 0 spiro atoms. The van der Waals surface area contributed by atoms with Crippen LogP contribution in [0, 0.1) is 5.92 Å². The number of ether oxygens (including phenoxy) is 1. The highest BCUT2D eigenvalue weighted by Gasteiger charge is 2.38. The molecule has 5 unspecified atom stereocenters. The fourth-order valence-corrected chi connectivity index (χ4v) is 6.95. The third-order valence-electron chi connectivity index (χ3n) is 6.95. The molecule has 0 aromatic heterocycles. The van der Waals surface area contributed by atoms with Crippen LogP contribution in [0.5, 0.6) is 0 Å². The van der Waals surface area contributed by atoms with Crippen LogP contribution in [0.1, 0.15) is 44.1 Å². The minimum absolute atomic E-state index is 0.0221. The van der Waals surface area contributed by atoms with Crippen molar-refractivity contribution < 1.29 is 17.9 Å². The molecule has 8 heteroatoms. The lowest BCUT2D eigenvalue weighted by atomic mass is 9.94. The van der Waals surface area contributed by atoms with Gasteiger partial charge in [-0.3, -0.25) is 4.79 Å². The number of piperidine rings is 1. The van der Waals surface area contributed by atoms with Gasteiger partial charge < -0.3 is 20.7 Å². The van der Waals surface area contributed by atoms with Crippen molar-refractivity contribution in [3.63, 3.8) is 0 Å². The van der Waals surface area contributed by atoms with Crippen LogP contribution < -0.4 is 16.0 Å². The zero-order chi connectivity index (χ0) is 21.1. The molecule has 1 aromatic carbocycles. The summed E-state index contributed by atoms with van der Waals surface area (Å²) >= 11 is 0. The van der Waals surface area contributed by atoms with E-state index in [1.165, 1.54) is 0 Å². The number of carbonyl (C=O) groups is 1. The first-order valence-corrected chi connectivity index (χ1v) is 12.6. The summed E-state index contributed by atoms with van der Waals surface area (Å²) in [6, 6.07) is 7.23. The van der Waals surface area contributed by atoms with Crippen LogP contribution in [0.25, 0.3) is 0 Å². The van der Waals surface area contributed by atoms with Crippen LogP contribution >= 0.6 is 0 Å². The molecule has 1 amide bonds. The van der Waals surface area contributed by atoms with E-state index in [1.807, 2.05) is 0 Å². The molecule has 1 aliphatic carbocycles. The molecular weight excluding hydrogens is 402 g/mol. The van der Waals surface area contributed by atoms with E-state index in [9.17, 15) is 13.2 Å². The van der Waals surface area contributed by atoms with Crippen LogP contribution in [0.15, 0.2) is 29.2 Å². The third-order valence-corrected chi connectivity index (χ3v) is 9.18. The standard InChI is InChI=1S/C22H33N3O4S/c1-29-17-3-2-4-19(12-17)30(27,28)18-7-5-15(6-8-18)13-24-22(26)21-11-16-14-23-10-9-20(16)25-21/h5-8,16-17,19-21,23,25H,2-4,9-14H2,1H3,(H,24,26). The Morgan fingerprint density at radius 2 is 1.97 bits per heavy atom. The van der Waals surface area contributed by atoms with Crippen LogP contribution in [0.2, 0.25) is 0 Å². The summed E-state index contributed by atoms with van der Waals surface area (Å²) in [6.07, 6.45) is 5.00. The number of benzene rings is 1. The Hall–Kier alpha value is -1.48. The number of amides is 1. The van der Waals surface area contributed by atoms with Gasteiger partial charge in [-0.15, -0.1) is 0 Å². The van der Waals surface area contributed by atoms with E-state index in [0.717, 1.165) is 44.3 Å². The van der Waals surface area contributed by atoms with Gasteiger partial charge in [-0.05, 0) is 75.2 Å². The Balaban J connectivity index is 1.32. The fourth-order valence-electron chi connectivity index (χ4n) is 5.10. The molecule has 7 nitrogen and oxygen atoms in total. The zero-order valence-corrected chi connectivity index (χ0v) is 18.4. The van der Waals surface area contributed by atoms with E-state index in [4.69, 9.17) is 4.74 Å². The maximum atomic E-state index is 13.0. The smallest absolute Gasteiger partial charge is 0.237 e. The van der Waals surface area contributed by atoms with Crippen molar-refractivity contribution in [2.24, 2.45) is 5.92 Å². The highest BCUT2D eigenvalue weighted by Crippen LogP contribution is 2.30. The lowest BCUT2D eigenvalue weighted by Crippen LogP contribution is -2.45. The molecule has 3 fully saturated rings. The molecule has 0 bridgehead atoms. The van der Waals surface area contributed by atoms with Gasteiger partial charge in [-0.2, -0.15) is 0 Å². The van der Waals surface area contributed by atoms with E-state index < -0.39 is 9.84 Å². The van der Waals surface area contributed by atoms with Gasteiger partial charge in [0.15, 0.2) is 9.84 Å². The largest absolute Gasteiger partial charge is 0.381 e. The predicted molar refractivity (Wildman–Crippen MR) is 115 cm³/mol. The Morgan fingerprint density at radius 3 is 2.70 bits per heavy atom. The first-order chi connectivity index (χ1) is 14.5. The molecular formula is C22H33N3O4S. The first-order valence-electron chi connectivity index (χ1n) is 11.1. The lowest BCUT2D eigenvalue weighted by Gasteiger charge is -2.28. The second kappa shape index (κ2) is 9.34.